The van der Waals surface area contributed by atoms with Gasteiger partial charge in [0.05, 0.1) is 10.8 Å². The van der Waals surface area contributed by atoms with Crippen LogP contribution in [0.1, 0.15) is 31.7 Å². The minimum absolute atomic E-state index is 0.369. The molecule has 0 bridgehead atoms. The molecule has 1 aromatic rings. The number of carboxylic acids is 1. The Morgan fingerprint density at radius 2 is 1.95 bits per heavy atom. The maximum Gasteiger partial charge on any atom is 0.308 e. The Kier molecular flexibility index (Phi) is 4.53. The molecule has 1 saturated carbocycles. The topological polar surface area (TPSA) is 83.5 Å². The minimum atomic E-state index is -4.22. The molecule has 1 aliphatic carbocycles. The van der Waals surface area contributed by atoms with Crippen LogP contribution in [0, 0.1) is 5.92 Å². The van der Waals surface area contributed by atoms with Crippen molar-refractivity contribution in [2.24, 2.45) is 5.92 Å². The summed E-state index contributed by atoms with van der Waals surface area (Å²) in [5.41, 5.74) is -0.604. The highest BCUT2D eigenvalue weighted by molar-refractivity contribution is 7.89. The fraction of sp³-hybridized carbons (Fsp3) is 0.500. The second-order valence-electron chi connectivity index (χ2n) is 5.49. The van der Waals surface area contributed by atoms with Gasteiger partial charge in [-0.15, -0.1) is 0 Å². The molecule has 1 aliphatic rings. The number of nitrogens with one attached hydrogen (secondary N) is 1. The fourth-order valence-corrected chi connectivity index (χ4v) is 4.33. The number of carbonyl (C=O) groups is 1. The van der Waals surface area contributed by atoms with E-state index >= 15 is 0 Å². The van der Waals surface area contributed by atoms with Crippen LogP contribution in [0.3, 0.4) is 0 Å². The zero-order valence-electron chi connectivity index (χ0n) is 11.9. The highest BCUT2D eigenvalue weighted by Crippen LogP contribution is 2.33. The Morgan fingerprint density at radius 1 is 1.32 bits per heavy atom. The first-order valence-electron chi connectivity index (χ1n) is 6.85. The number of aliphatic carboxylic acids is 1. The van der Waals surface area contributed by atoms with E-state index in [2.05, 4.69) is 4.72 Å². The predicted octanol–water partition coefficient (Wildman–Crippen LogP) is 2.33. The van der Waals surface area contributed by atoms with Crippen LogP contribution in [0.5, 0.6) is 0 Å². The maximum atomic E-state index is 13.6. The largest absolute Gasteiger partial charge is 0.481 e. The highest BCUT2D eigenvalue weighted by atomic mass is 32.2. The van der Waals surface area contributed by atoms with Gasteiger partial charge in [-0.25, -0.2) is 21.9 Å². The molecular formula is C14H17F2NO4S. The predicted molar refractivity (Wildman–Crippen MR) is 75.1 cm³/mol. The molecule has 0 aromatic heterocycles. The van der Waals surface area contributed by atoms with E-state index in [1.54, 1.807) is 0 Å². The lowest BCUT2D eigenvalue weighted by molar-refractivity contribution is -0.141. The average molecular weight is 333 g/mol. The van der Waals surface area contributed by atoms with Crippen molar-refractivity contribution in [3.05, 3.63) is 29.8 Å². The highest BCUT2D eigenvalue weighted by Gasteiger charge is 2.38. The van der Waals surface area contributed by atoms with Gasteiger partial charge in [0, 0.05) is 18.5 Å². The van der Waals surface area contributed by atoms with Crippen LogP contribution in [0.2, 0.25) is 0 Å². The summed E-state index contributed by atoms with van der Waals surface area (Å²) in [4.78, 5) is 10.6. The van der Waals surface area contributed by atoms with E-state index in [0.717, 1.165) is 12.1 Å². The molecule has 5 nitrogen and oxygen atoms in total. The summed E-state index contributed by atoms with van der Waals surface area (Å²) < 4.78 is 54.2. The summed E-state index contributed by atoms with van der Waals surface area (Å²) in [6.07, 6.45) is 1.32. The van der Waals surface area contributed by atoms with Gasteiger partial charge in [-0.05, 0) is 18.9 Å². The molecule has 2 rings (SSSR count). The molecule has 2 N–H and O–H groups in total. The third-order valence-corrected chi connectivity index (χ3v) is 5.34. The quantitative estimate of drug-likeness (QED) is 0.866. The zero-order chi connectivity index (χ0) is 16.5. The van der Waals surface area contributed by atoms with E-state index in [1.165, 1.54) is 12.1 Å². The van der Waals surface area contributed by atoms with Crippen LogP contribution < -0.4 is 4.72 Å². The number of benzene rings is 1. The molecule has 1 fully saturated rings. The van der Waals surface area contributed by atoms with Crippen molar-refractivity contribution in [3.63, 3.8) is 0 Å². The van der Waals surface area contributed by atoms with Gasteiger partial charge >= 0.3 is 5.97 Å². The monoisotopic (exact) mass is 333 g/mol. The van der Waals surface area contributed by atoms with Crippen LogP contribution in [0.4, 0.5) is 8.78 Å². The zero-order valence-corrected chi connectivity index (χ0v) is 12.7. The first-order valence-corrected chi connectivity index (χ1v) is 8.33. The van der Waals surface area contributed by atoms with Crippen molar-refractivity contribution in [3.8, 4) is 0 Å². The number of alkyl halides is 2. The summed E-state index contributed by atoms with van der Waals surface area (Å²) >= 11 is 0. The SMILES string of the molecule is CC(F)(F)c1ccccc1S(=O)(=O)N[C@@H]1CCC[C@H]1C(=O)O. The van der Waals surface area contributed by atoms with E-state index in [0.29, 0.717) is 26.2 Å². The summed E-state index contributed by atoms with van der Waals surface area (Å²) in [7, 11) is -4.22. The molecule has 0 heterocycles. The third-order valence-electron chi connectivity index (χ3n) is 3.79. The molecule has 2 atom stereocenters. The number of carboxylic acid groups (broad SMARTS) is 1. The molecule has 0 amide bonds. The van der Waals surface area contributed by atoms with Crippen molar-refractivity contribution in [2.45, 2.75) is 43.0 Å². The number of sulfonamides is 1. The van der Waals surface area contributed by atoms with Crippen molar-refractivity contribution < 1.29 is 27.1 Å². The smallest absolute Gasteiger partial charge is 0.308 e. The van der Waals surface area contributed by atoms with Crippen LogP contribution in [-0.2, 0) is 20.7 Å². The van der Waals surface area contributed by atoms with E-state index in [-0.39, 0.29) is 0 Å². The Balaban J connectivity index is 2.34. The fourth-order valence-electron chi connectivity index (χ4n) is 2.72. The third kappa shape index (κ3) is 3.44. The lowest BCUT2D eigenvalue weighted by Gasteiger charge is -2.20. The van der Waals surface area contributed by atoms with Gasteiger partial charge in [0.15, 0.2) is 0 Å². The number of halogens is 2. The van der Waals surface area contributed by atoms with Crippen LogP contribution in [0.25, 0.3) is 0 Å². The molecule has 0 spiro atoms. The van der Waals surface area contributed by atoms with Gasteiger partial charge in [0.25, 0.3) is 5.92 Å². The Labute approximate surface area is 127 Å². The molecule has 0 saturated heterocycles. The van der Waals surface area contributed by atoms with Gasteiger partial charge in [-0.2, -0.15) is 0 Å². The summed E-state index contributed by atoms with van der Waals surface area (Å²) in [6, 6.07) is 4.06. The van der Waals surface area contributed by atoms with Crippen molar-refractivity contribution >= 4 is 16.0 Å². The van der Waals surface area contributed by atoms with Gasteiger partial charge in [-0.1, -0.05) is 24.6 Å². The summed E-state index contributed by atoms with van der Waals surface area (Å²) in [5, 5.41) is 9.08. The van der Waals surface area contributed by atoms with E-state index in [1.807, 2.05) is 0 Å². The average Bonchev–Trinajstić information content (AvgIpc) is 2.85. The molecule has 0 radical (unpaired) electrons. The number of rotatable bonds is 5. The molecule has 0 aliphatic heterocycles. The van der Waals surface area contributed by atoms with Gasteiger partial charge in [0.2, 0.25) is 10.0 Å². The van der Waals surface area contributed by atoms with E-state index in [4.69, 9.17) is 5.11 Å². The lowest BCUT2D eigenvalue weighted by Crippen LogP contribution is -2.40. The summed E-state index contributed by atoms with van der Waals surface area (Å²) in [5.74, 6) is -5.23. The Bertz CT molecular complexity index is 670. The van der Waals surface area contributed by atoms with E-state index in [9.17, 15) is 22.0 Å². The number of hydrogen-bond donors (Lipinski definition) is 2. The lowest BCUT2D eigenvalue weighted by atomic mass is 10.1. The second-order valence-corrected chi connectivity index (χ2v) is 7.17. The standard InChI is InChI=1S/C14H17F2NO4S/c1-14(15,16)10-6-2-3-8-12(10)22(20,21)17-11-7-4-5-9(11)13(18)19/h2-3,6,8-9,11,17H,4-5,7H2,1H3,(H,18,19)/t9-,11-/m1/s1. The van der Waals surface area contributed by atoms with Gasteiger partial charge in [0.1, 0.15) is 0 Å². The Hall–Kier alpha value is -1.54. The normalized spacial score (nSPS) is 22.7. The van der Waals surface area contributed by atoms with E-state index < -0.39 is 44.3 Å². The molecule has 22 heavy (non-hydrogen) atoms. The van der Waals surface area contributed by atoms with Gasteiger partial charge in [-0.3, -0.25) is 4.79 Å². The maximum absolute atomic E-state index is 13.6. The molecular weight excluding hydrogens is 316 g/mol. The molecule has 1 aromatic carbocycles. The van der Waals surface area contributed by atoms with Crippen molar-refractivity contribution in [1.82, 2.24) is 4.72 Å². The number of hydrogen-bond acceptors (Lipinski definition) is 3. The second kappa shape index (κ2) is 5.92. The first kappa shape index (κ1) is 16.8. The van der Waals surface area contributed by atoms with Crippen LogP contribution >= 0.6 is 0 Å². The van der Waals surface area contributed by atoms with Gasteiger partial charge < -0.3 is 5.11 Å². The van der Waals surface area contributed by atoms with Crippen LogP contribution in [-0.4, -0.2) is 25.5 Å². The minimum Gasteiger partial charge on any atom is -0.481 e. The van der Waals surface area contributed by atoms with Crippen molar-refractivity contribution in [2.75, 3.05) is 0 Å². The van der Waals surface area contributed by atoms with Crippen molar-refractivity contribution in [1.29, 1.82) is 0 Å². The molecule has 8 heteroatoms. The van der Waals surface area contributed by atoms with Crippen LogP contribution in [0.15, 0.2) is 29.2 Å². The first-order chi connectivity index (χ1) is 10.1. The Morgan fingerprint density at radius 3 is 2.55 bits per heavy atom. The molecule has 0 unspecified atom stereocenters. The summed E-state index contributed by atoms with van der Waals surface area (Å²) in [6.45, 7) is 0.622. The molecule has 122 valence electrons.